The van der Waals surface area contributed by atoms with Gasteiger partial charge in [0.1, 0.15) is 0 Å². The van der Waals surface area contributed by atoms with E-state index in [1.807, 2.05) is 12.1 Å². The average molecular weight is 276 g/mol. The summed E-state index contributed by atoms with van der Waals surface area (Å²) < 4.78 is 0. The molecule has 0 saturated carbocycles. The fraction of sp³-hybridized carbons (Fsp3) is 0.611. The van der Waals surface area contributed by atoms with Gasteiger partial charge in [0.05, 0.1) is 5.92 Å². The van der Waals surface area contributed by atoms with Gasteiger partial charge >= 0.3 is 5.97 Å². The van der Waals surface area contributed by atoms with Crippen molar-refractivity contribution in [3.63, 3.8) is 0 Å². The number of hydrogen-bond acceptors (Lipinski definition) is 1. The minimum Gasteiger partial charge on any atom is -0.481 e. The Morgan fingerprint density at radius 2 is 2.05 bits per heavy atom. The van der Waals surface area contributed by atoms with Crippen LogP contribution in [0.15, 0.2) is 24.3 Å². The maximum atomic E-state index is 11.5. The SMILES string of the molecule is CCCCC(CC)CC(Cc1cccc(C)c1)C(=O)O. The molecule has 0 radical (unpaired) electrons. The third kappa shape index (κ3) is 5.77. The van der Waals surface area contributed by atoms with Crippen LogP contribution in [0.2, 0.25) is 0 Å². The summed E-state index contributed by atoms with van der Waals surface area (Å²) in [7, 11) is 0. The van der Waals surface area contributed by atoms with Crippen LogP contribution in [0.4, 0.5) is 0 Å². The molecule has 1 rings (SSSR count). The highest BCUT2D eigenvalue weighted by Gasteiger charge is 2.22. The van der Waals surface area contributed by atoms with E-state index in [-0.39, 0.29) is 5.92 Å². The highest BCUT2D eigenvalue weighted by Crippen LogP contribution is 2.24. The lowest BCUT2D eigenvalue weighted by Gasteiger charge is -2.20. The maximum Gasteiger partial charge on any atom is 0.306 e. The Morgan fingerprint density at radius 3 is 2.60 bits per heavy atom. The lowest BCUT2D eigenvalue weighted by atomic mass is 9.85. The number of rotatable bonds is 9. The molecule has 0 spiro atoms. The van der Waals surface area contributed by atoms with Gasteiger partial charge in [0, 0.05) is 0 Å². The highest BCUT2D eigenvalue weighted by molar-refractivity contribution is 5.70. The Bertz CT molecular complexity index is 412. The third-order valence-electron chi connectivity index (χ3n) is 4.07. The van der Waals surface area contributed by atoms with Crippen molar-refractivity contribution in [1.82, 2.24) is 0 Å². The Labute approximate surface area is 123 Å². The Morgan fingerprint density at radius 1 is 1.30 bits per heavy atom. The number of carboxylic acids is 1. The molecular formula is C18H28O2. The first-order valence-electron chi connectivity index (χ1n) is 7.85. The van der Waals surface area contributed by atoms with Crippen molar-refractivity contribution in [3.05, 3.63) is 35.4 Å². The third-order valence-corrected chi connectivity index (χ3v) is 4.07. The van der Waals surface area contributed by atoms with E-state index in [1.165, 1.54) is 18.4 Å². The van der Waals surface area contributed by atoms with Gasteiger partial charge < -0.3 is 5.11 Å². The van der Waals surface area contributed by atoms with Crippen LogP contribution in [0.1, 0.15) is 57.1 Å². The van der Waals surface area contributed by atoms with Gasteiger partial charge in [0.15, 0.2) is 0 Å². The number of aliphatic carboxylic acids is 1. The van der Waals surface area contributed by atoms with Gasteiger partial charge in [-0.25, -0.2) is 0 Å². The molecular weight excluding hydrogens is 248 g/mol. The van der Waals surface area contributed by atoms with Crippen molar-refractivity contribution in [2.45, 2.75) is 59.3 Å². The molecule has 2 atom stereocenters. The summed E-state index contributed by atoms with van der Waals surface area (Å²) >= 11 is 0. The number of hydrogen-bond donors (Lipinski definition) is 1. The van der Waals surface area contributed by atoms with Crippen LogP contribution in [0, 0.1) is 18.8 Å². The van der Waals surface area contributed by atoms with Crippen molar-refractivity contribution in [1.29, 1.82) is 0 Å². The Hall–Kier alpha value is -1.31. The highest BCUT2D eigenvalue weighted by atomic mass is 16.4. The lowest BCUT2D eigenvalue weighted by Crippen LogP contribution is -2.20. The van der Waals surface area contributed by atoms with Crippen LogP contribution in [-0.2, 0) is 11.2 Å². The molecule has 0 bridgehead atoms. The van der Waals surface area contributed by atoms with Crippen molar-refractivity contribution in [2.75, 3.05) is 0 Å². The van der Waals surface area contributed by atoms with E-state index in [4.69, 9.17) is 0 Å². The molecule has 1 aromatic carbocycles. The van der Waals surface area contributed by atoms with Gasteiger partial charge in [-0.15, -0.1) is 0 Å². The molecule has 2 heteroatoms. The molecule has 1 N–H and O–H groups in total. The smallest absolute Gasteiger partial charge is 0.306 e. The van der Waals surface area contributed by atoms with Crippen molar-refractivity contribution >= 4 is 5.97 Å². The minimum absolute atomic E-state index is 0.251. The number of aryl methyl sites for hydroxylation is 1. The van der Waals surface area contributed by atoms with Gasteiger partial charge in [0.2, 0.25) is 0 Å². The molecule has 0 fully saturated rings. The second-order valence-corrected chi connectivity index (χ2v) is 5.88. The molecule has 112 valence electrons. The van der Waals surface area contributed by atoms with Crippen LogP contribution in [0.3, 0.4) is 0 Å². The molecule has 2 unspecified atom stereocenters. The molecule has 2 nitrogen and oxygen atoms in total. The fourth-order valence-corrected chi connectivity index (χ4v) is 2.78. The second-order valence-electron chi connectivity index (χ2n) is 5.88. The molecule has 0 aromatic heterocycles. The molecule has 0 aliphatic rings. The summed E-state index contributed by atoms with van der Waals surface area (Å²) in [6, 6.07) is 8.20. The summed E-state index contributed by atoms with van der Waals surface area (Å²) in [6.07, 6.45) is 6.09. The van der Waals surface area contributed by atoms with E-state index >= 15 is 0 Å². The fourth-order valence-electron chi connectivity index (χ4n) is 2.78. The lowest BCUT2D eigenvalue weighted by molar-refractivity contribution is -0.142. The zero-order chi connectivity index (χ0) is 15.0. The summed E-state index contributed by atoms with van der Waals surface area (Å²) in [6.45, 7) is 6.41. The number of unbranched alkanes of at least 4 members (excludes halogenated alkanes) is 1. The van der Waals surface area contributed by atoms with Gasteiger partial charge in [-0.2, -0.15) is 0 Å². The first-order chi connectivity index (χ1) is 9.56. The van der Waals surface area contributed by atoms with Gasteiger partial charge in [-0.3, -0.25) is 4.79 Å². The second kappa shape index (κ2) is 8.78. The van der Waals surface area contributed by atoms with Crippen LogP contribution < -0.4 is 0 Å². The summed E-state index contributed by atoms with van der Waals surface area (Å²) in [5.41, 5.74) is 2.34. The zero-order valence-electron chi connectivity index (χ0n) is 13.1. The first kappa shape index (κ1) is 16.7. The van der Waals surface area contributed by atoms with E-state index in [9.17, 15) is 9.90 Å². The van der Waals surface area contributed by atoms with Gasteiger partial charge in [0.25, 0.3) is 0 Å². The molecule has 20 heavy (non-hydrogen) atoms. The number of carboxylic acid groups (broad SMARTS) is 1. The summed E-state index contributed by atoms with van der Waals surface area (Å²) in [5.74, 6) is -0.360. The predicted octanol–water partition coefficient (Wildman–Crippen LogP) is 4.84. The monoisotopic (exact) mass is 276 g/mol. The topological polar surface area (TPSA) is 37.3 Å². The van der Waals surface area contributed by atoms with E-state index in [1.54, 1.807) is 0 Å². The molecule has 0 aliphatic carbocycles. The Balaban J connectivity index is 2.66. The van der Waals surface area contributed by atoms with E-state index < -0.39 is 5.97 Å². The van der Waals surface area contributed by atoms with Crippen LogP contribution >= 0.6 is 0 Å². The number of benzene rings is 1. The molecule has 1 aromatic rings. The normalized spacial score (nSPS) is 13.9. The molecule has 0 aliphatic heterocycles. The maximum absolute atomic E-state index is 11.5. The average Bonchev–Trinajstić information content (AvgIpc) is 2.42. The predicted molar refractivity (Wildman–Crippen MR) is 83.9 cm³/mol. The first-order valence-corrected chi connectivity index (χ1v) is 7.85. The largest absolute Gasteiger partial charge is 0.481 e. The Kier molecular flexibility index (Phi) is 7.35. The standard InChI is InChI=1S/C18H28O2/c1-4-6-9-15(5-2)12-17(18(19)20)13-16-10-7-8-14(3)11-16/h7-8,10-11,15,17H,4-6,9,12-13H2,1-3H3,(H,19,20). The van der Waals surface area contributed by atoms with Crippen molar-refractivity contribution in [2.24, 2.45) is 11.8 Å². The molecule has 0 amide bonds. The van der Waals surface area contributed by atoms with E-state index in [0.29, 0.717) is 12.3 Å². The van der Waals surface area contributed by atoms with Gasteiger partial charge in [-0.05, 0) is 31.2 Å². The quantitative estimate of drug-likeness (QED) is 0.700. The summed E-state index contributed by atoms with van der Waals surface area (Å²) in [5, 5.41) is 9.47. The van der Waals surface area contributed by atoms with E-state index in [2.05, 4.69) is 32.9 Å². The zero-order valence-corrected chi connectivity index (χ0v) is 13.1. The van der Waals surface area contributed by atoms with Crippen LogP contribution in [0.25, 0.3) is 0 Å². The van der Waals surface area contributed by atoms with Crippen LogP contribution in [0.5, 0.6) is 0 Å². The molecule has 0 saturated heterocycles. The van der Waals surface area contributed by atoms with Gasteiger partial charge in [-0.1, -0.05) is 69.4 Å². The van der Waals surface area contributed by atoms with E-state index in [0.717, 1.165) is 24.8 Å². The van der Waals surface area contributed by atoms with Crippen molar-refractivity contribution in [3.8, 4) is 0 Å². The summed E-state index contributed by atoms with van der Waals surface area (Å²) in [4.78, 5) is 11.5. The van der Waals surface area contributed by atoms with Crippen LogP contribution in [-0.4, -0.2) is 11.1 Å². The molecule has 0 heterocycles. The van der Waals surface area contributed by atoms with Crippen molar-refractivity contribution < 1.29 is 9.90 Å². The number of carbonyl (C=O) groups is 1. The minimum atomic E-state index is -0.651.